The zero-order valence-electron chi connectivity index (χ0n) is 11.0. The molecule has 0 bridgehead atoms. The number of pyridine rings is 1. The van der Waals surface area contributed by atoms with Crippen LogP contribution in [0.4, 0.5) is 5.95 Å². The van der Waals surface area contributed by atoms with Gasteiger partial charge in [-0.1, -0.05) is 19.8 Å². The van der Waals surface area contributed by atoms with Crippen molar-refractivity contribution < 1.29 is 0 Å². The summed E-state index contributed by atoms with van der Waals surface area (Å²) in [6.07, 6.45) is 6.72. The number of H-pyrrole nitrogens is 1. The summed E-state index contributed by atoms with van der Waals surface area (Å²) in [4.78, 5) is 22.7. The van der Waals surface area contributed by atoms with Crippen molar-refractivity contribution in [2.75, 3.05) is 5.32 Å². The van der Waals surface area contributed by atoms with Crippen LogP contribution in [0, 0.1) is 5.92 Å². The van der Waals surface area contributed by atoms with E-state index in [4.69, 9.17) is 0 Å². The molecule has 0 saturated heterocycles. The maximum atomic E-state index is 11.3. The van der Waals surface area contributed by atoms with Gasteiger partial charge in [0.1, 0.15) is 5.65 Å². The van der Waals surface area contributed by atoms with Crippen LogP contribution in [0.15, 0.2) is 23.1 Å². The largest absolute Gasteiger partial charge is 0.351 e. The van der Waals surface area contributed by atoms with Crippen molar-refractivity contribution in [2.45, 2.75) is 38.6 Å². The smallest absolute Gasteiger partial charge is 0.249 e. The van der Waals surface area contributed by atoms with Gasteiger partial charge >= 0.3 is 0 Å². The molecule has 0 aliphatic heterocycles. The molecule has 1 fully saturated rings. The van der Waals surface area contributed by atoms with E-state index in [-0.39, 0.29) is 5.56 Å². The van der Waals surface area contributed by atoms with E-state index in [0.717, 1.165) is 11.8 Å². The van der Waals surface area contributed by atoms with Gasteiger partial charge in [0.25, 0.3) is 0 Å². The molecule has 2 aromatic rings. The highest BCUT2D eigenvalue weighted by atomic mass is 16.1. The van der Waals surface area contributed by atoms with Crippen LogP contribution in [0.3, 0.4) is 0 Å². The van der Waals surface area contributed by atoms with Gasteiger partial charge in [0.15, 0.2) is 0 Å². The Bertz CT molecular complexity index is 637. The van der Waals surface area contributed by atoms with Crippen LogP contribution in [0.25, 0.3) is 11.0 Å². The van der Waals surface area contributed by atoms with Gasteiger partial charge in [0, 0.05) is 23.7 Å². The summed E-state index contributed by atoms with van der Waals surface area (Å²) in [5.74, 6) is 1.25. The summed E-state index contributed by atoms with van der Waals surface area (Å²) >= 11 is 0. The van der Waals surface area contributed by atoms with Gasteiger partial charge in [-0.2, -0.15) is 4.98 Å². The fourth-order valence-electron chi connectivity index (χ4n) is 2.70. The van der Waals surface area contributed by atoms with E-state index >= 15 is 0 Å². The third-order valence-electron chi connectivity index (χ3n) is 3.90. The molecule has 1 aliphatic rings. The third-order valence-corrected chi connectivity index (χ3v) is 3.90. The second-order valence-corrected chi connectivity index (χ2v) is 5.33. The lowest BCUT2D eigenvalue weighted by Crippen LogP contribution is -2.31. The van der Waals surface area contributed by atoms with Crippen molar-refractivity contribution in [1.29, 1.82) is 0 Å². The van der Waals surface area contributed by atoms with Gasteiger partial charge in [0.2, 0.25) is 11.5 Å². The molecule has 100 valence electrons. The highest BCUT2D eigenvalue weighted by Crippen LogP contribution is 2.25. The molecule has 2 atom stereocenters. The number of anilines is 1. The Labute approximate surface area is 111 Å². The first-order valence-corrected chi connectivity index (χ1v) is 6.85. The summed E-state index contributed by atoms with van der Waals surface area (Å²) in [7, 11) is 0. The number of hydrogen-bond acceptors (Lipinski definition) is 4. The number of aromatic nitrogens is 3. The van der Waals surface area contributed by atoms with E-state index in [0.29, 0.717) is 23.6 Å². The minimum atomic E-state index is -0.136. The quantitative estimate of drug-likeness (QED) is 0.867. The predicted octanol–water partition coefficient (Wildman–Crippen LogP) is 2.31. The molecule has 2 unspecified atom stereocenters. The maximum absolute atomic E-state index is 11.3. The van der Waals surface area contributed by atoms with Crippen molar-refractivity contribution in [2.24, 2.45) is 5.92 Å². The Morgan fingerprint density at radius 2 is 2.16 bits per heavy atom. The van der Waals surface area contributed by atoms with E-state index in [2.05, 4.69) is 27.2 Å². The number of nitrogens with one attached hydrogen (secondary N) is 2. The number of hydrogen-bond donors (Lipinski definition) is 2. The summed E-state index contributed by atoms with van der Waals surface area (Å²) in [6, 6.07) is 3.66. The van der Waals surface area contributed by atoms with Crippen LogP contribution < -0.4 is 10.9 Å². The van der Waals surface area contributed by atoms with E-state index in [1.807, 2.05) is 0 Å². The Hall–Kier alpha value is -1.91. The lowest BCUT2D eigenvalue weighted by molar-refractivity contribution is 0.348. The molecule has 0 radical (unpaired) electrons. The standard InChI is InChI=1S/C14H18N4O/c1-9-4-2-3-5-11(9)16-14-15-8-10-6-7-12(19)17-13(10)18-14/h6-9,11H,2-5H2,1H3,(H2,15,16,17,18,19). The van der Waals surface area contributed by atoms with Crippen molar-refractivity contribution in [1.82, 2.24) is 15.0 Å². The van der Waals surface area contributed by atoms with Crippen LogP contribution in [-0.2, 0) is 0 Å². The molecule has 5 heteroatoms. The predicted molar refractivity (Wildman–Crippen MR) is 75.2 cm³/mol. The third kappa shape index (κ3) is 2.59. The number of rotatable bonds is 2. The molecule has 1 aliphatic carbocycles. The van der Waals surface area contributed by atoms with Crippen LogP contribution in [-0.4, -0.2) is 21.0 Å². The van der Waals surface area contributed by atoms with Crippen LogP contribution in [0.5, 0.6) is 0 Å². The van der Waals surface area contributed by atoms with E-state index in [1.54, 1.807) is 12.3 Å². The minimum absolute atomic E-state index is 0.136. The molecule has 3 rings (SSSR count). The topological polar surface area (TPSA) is 70.7 Å². The highest BCUT2D eigenvalue weighted by molar-refractivity contribution is 5.74. The Balaban J connectivity index is 1.86. The minimum Gasteiger partial charge on any atom is -0.351 e. The monoisotopic (exact) mass is 258 g/mol. The first kappa shape index (κ1) is 12.1. The Morgan fingerprint density at radius 3 is 3.00 bits per heavy atom. The highest BCUT2D eigenvalue weighted by Gasteiger charge is 2.21. The molecular formula is C14H18N4O. The zero-order chi connectivity index (χ0) is 13.2. The molecule has 19 heavy (non-hydrogen) atoms. The summed E-state index contributed by atoms with van der Waals surface area (Å²) in [5, 5.41) is 4.25. The molecule has 0 spiro atoms. The van der Waals surface area contributed by atoms with E-state index in [9.17, 15) is 4.79 Å². The SMILES string of the molecule is CC1CCCCC1Nc1ncc2ccc(=O)[nH]c2n1. The second kappa shape index (κ2) is 4.99. The lowest BCUT2D eigenvalue weighted by atomic mass is 9.86. The van der Waals surface area contributed by atoms with Gasteiger partial charge in [0.05, 0.1) is 0 Å². The molecule has 0 aromatic carbocycles. The van der Waals surface area contributed by atoms with E-state index < -0.39 is 0 Å². The fraction of sp³-hybridized carbons (Fsp3) is 0.500. The van der Waals surface area contributed by atoms with Crippen LogP contribution in [0.2, 0.25) is 0 Å². The molecular weight excluding hydrogens is 240 g/mol. The fourth-order valence-corrected chi connectivity index (χ4v) is 2.70. The first-order valence-electron chi connectivity index (χ1n) is 6.85. The average Bonchev–Trinajstić information content (AvgIpc) is 2.41. The first-order chi connectivity index (χ1) is 9.22. The van der Waals surface area contributed by atoms with Gasteiger partial charge in [-0.15, -0.1) is 0 Å². The molecule has 5 nitrogen and oxygen atoms in total. The molecule has 2 heterocycles. The molecule has 0 amide bonds. The summed E-state index contributed by atoms with van der Waals surface area (Å²) in [5.41, 5.74) is 0.455. The van der Waals surface area contributed by atoms with Crippen molar-refractivity contribution in [3.63, 3.8) is 0 Å². The van der Waals surface area contributed by atoms with Crippen LogP contribution in [0.1, 0.15) is 32.6 Å². The van der Waals surface area contributed by atoms with Crippen LogP contribution >= 0.6 is 0 Å². The van der Waals surface area contributed by atoms with Gasteiger partial charge in [-0.25, -0.2) is 4.98 Å². The molecule has 2 N–H and O–H groups in total. The Kier molecular flexibility index (Phi) is 3.19. The van der Waals surface area contributed by atoms with Crippen molar-refractivity contribution >= 4 is 17.0 Å². The second-order valence-electron chi connectivity index (χ2n) is 5.33. The lowest BCUT2D eigenvalue weighted by Gasteiger charge is -2.29. The number of aromatic amines is 1. The number of fused-ring (bicyclic) bond motifs is 1. The number of nitrogens with zero attached hydrogens (tertiary/aromatic N) is 2. The summed E-state index contributed by atoms with van der Waals surface area (Å²) in [6.45, 7) is 2.26. The van der Waals surface area contributed by atoms with Crippen molar-refractivity contribution in [3.8, 4) is 0 Å². The average molecular weight is 258 g/mol. The summed E-state index contributed by atoms with van der Waals surface area (Å²) < 4.78 is 0. The van der Waals surface area contributed by atoms with Gasteiger partial charge < -0.3 is 10.3 Å². The maximum Gasteiger partial charge on any atom is 0.249 e. The van der Waals surface area contributed by atoms with E-state index in [1.165, 1.54) is 25.3 Å². The van der Waals surface area contributed by atoms with Gasteiger partial charge in [-0.05, 0) is 24.8 Å². The molecule has 1 saturated carbocycles. The zero-order valence-corrected chi connectivity index (χ0v) is 11.0. The normalized spacial score (nSPS) is 23.4. The Morgan fingerprint density at radius 1 is 1.32 bits per heavy atom. The molecule has 2 aromatic heterocycles. The van der Waals surface area contributed by atoms with Crippen molar-refractivity contribution in [3.05, 3.63) is 28.7 Å². The van der Waals surface area contributed by atoms with Gasteiger partial charge in [-0.3, -0.25) is 4.79 Å².